The highest BCUT2D eigenvalue weighted by Gasteiger charge is 2.39. The smallest absolute Gasteiger partial charge is 0.305 e. The van der Waals surface area contributed by atoms with Gasteiger partial charge in [0, 0.05) is 11.6 Å². The lowest BCUT2D eigenvalue weighted by atomic mass is 9.74. The number of hydrogen-bond donors (Lipinski definition) is 2. The van der Waals surface area contributed by atoms with Crippen LogP contribution in [0.15, 0.2) is 30.3 Å². The quantitative estimate of drug-likeness (QED) is 0.787. The second-order valence-electron chi connectivity index (χ2n) is 5.27. The van der Waals surface area contributed by atoms with Gasteiger partial charge in [-0.05, 0) is 31.4 Å². The van der Waals surface area contributed by atoms with Crippen LogP contribution in [0.1, 0.15) is 31.2 Å². The lowest BCUT2D eigenvalue weighted by Crippen LogP contribution is -2.54. The molecule has 0 saturated heterocycles. The van der Waals surface area contributed by atoms with Crippen molar-refractivity contribution < 1.29 is 19.4 Å². The Morgan fingerprint density at radius 2 is 2.10 bits per heavy atom. The van der Waals surface area contributed by atoms with Gasteiger partial charge in [0.25, 0.3) is 0 Å². The molecule has 1 fully saturated rings. The third-order valence-electron chi connectivity index (χ3n) is 3.74. The third kappa shape index (κ3) is 3.84. The molecule has 0 unspecified atom stereocenters. The number of nitrogens with one attached hydrogen (secondary N) is 1. The molecule has 0 heterocycles. The van der Waals surface area contributed by atoms with E-state index >= 15 is 0 Å². The Morgan fingerprint density at radius 3 is 2.67 bits per heavy atom. The average molecular weight is 289 g/mol. The zero-order valence-electron chi connectivity index (χ0n) is 12.0. The van der Waals surface area contributed by atoms with Gasteiger partial charge in [-0.3, -0.25) is 9.59 Å². The van der Waals surface area contributed by atoms with E-state index < -0.39 is 11.5 Å². The number of carboxylic acid groups (broad SMARTS) is 1. The van der Waals surface area contributed by atoms with Gasteiger partial charge in [0.05, 0.1) is 19.1 Å². The van der Waals surface area contributed by atoms with Crippen LogP contribution in [0.2, 0.25) is 0 Å². The normalized spacial score (nSPS) is 16.2. The molecule has 1 aliphatic carbocycles. The van der Waals surface area contributed by atoms with Crippen LogP contribution in [0.5, 0.6) is 5.75 Å². The maximum absolute atomic E-state index is 12.0. The van der Waals surface area contributed by atoms with E-state index in [1.165, 1.54) is 6.08 Å². The van der Waals surface area contributed by atoms with Gasteiger partial charge >= 0.3 is 5.97 Å². The number of carboxylic acids is 1. The summed E-state index contributed by atoms with van der Waals surface area (Å²) in [4.78, 5) is 22.8. The van der Waals surface area contributed by atoms with Crippen molar-refractivity contribution in [2.75, 3.05) is 7.11 Å². The number of carbonyl (C=O) groups excluding carboxylic acids is 1. The molecule has 21 heavy (non-hydrogen) atoms. The molecule has 2 N–H and O–H groups in total. The summed E-state index contributed by atoms with van der Waals surface area (Å²) in [5.74, 6) is -0.476. The molecule has 5 nitrogen and oxygen atoms in total. The molecule has 112 valence electrons. The minimum atomic E-state index is -0.885. The fourth-order valence-electron chi connectivity index (χ4n) is 2.51. The largest absolute Gasteiger partial charge is 0.496 e. The van der Waals surface area contributed by atoms with Gasteiger partial charge in [0.1, 0.15) is 5.75 Å². The van der Waals surface area contributed by atoms with Crippen LogP contribution < -0.4 is 10.1 Å². The number of ether oxygens (including phenoxy) is 1. The Morgan fingerprint density at radius 1 is 1.38 bits per heavy atom. The first-order valence-electron chi connectivity index (χ1n) is 6.90. The molecule has 0 aromatic heterocycles. The monoisotopic (exact) mass is 289 g/mol. The summed E-state index contributed by atoms with van der Waals surface area (Å²) in [7, 11) is 1.57. The molecule has 2 rings (SSSR count). The molecule has 1 aromatic rings. The highest BCUT2D eigenvalue weighted by atomic mass is 16.5. The second kappa shape index (κ2) is 6.43. The Balaban J connectivity index is 2.01. The van der Waals surface area contributed by atoms with Crippen molar-refractivity contribution in [2.24, 2.45) is 0 Å². The minimum absolute atomic E-state index is 0.0265. The summed E-state index contributed by atoms with van der Waals surface area (Å²) in [6.07, 6.45) is 5.44. The van der Waals surface area contributed by atoms with Crippen molar-refractivity contribution >= 4 is 18.0 Å². The average Bonchev–Trinajstić information content (AvgIpc) is 2.42. The number of benzene rings is 1. The van der Waals surface area contributed by atoms with Gasteiger partial charge in [-0.2, -0.15) is 0 Å². The molecule has 0 spiro atoms. The summed E-state index contributed by atoms with van der Waals surface area (Å²) in [5.41, 5.74) is 0.227. The molecule has 1 aromatic carbocycles. The number of rotatable bonds is 6. The van der Waals surface area contributed by atoms with Crippen molar-refractivity contribution in [3.63, 3.8) is 0 Å². The van der Waals surface area contributed by atoms with Crippen LogP contribution in [0.4, 0.5) is 0 Å². The molecule has 0 atom stereocenters. The van der Waals surface area contributed by atoms with Gasteiger partial charge in [0.15, 0.2) is 0 Å². The lowest BCUT2D eigenvalue weighted by Gasteiger charge is -2.41. The van der Waals surface area contributed by atoms with E-state index in [0.717, 1.165) is 12.0 Å². The summed E-state index contributed by atoms with van der Waals surface area (Å²) < 4.78 is 5.20. The van der Waals surface area contributed by atoms with Crippen LogP contribution in [0.3, 0.4) is 0 Å². The predicted molar refractivity (Wildman–Crippen MR) is 79.0 cm³/mol. The highest BCUT2D eigenvalue weighted by Crippen LogP contribution is 2.34. The van der Waals surface area contributed by atoms with Gasteiger partial charge < -0.3 is 15.2 Å². The number of aliphatic carboxylic acids is 1. The minimum Gasteiger partial charge on any atom is -0.496 e. The topological polar surface area (TPSA) is 75.6 Å². The van der Waals surface area contributed by atoms with Crippen LogP contribution in [0, 0.1) is 0 Å². The molecule has 1 amide bonds. The molecule has 5 heteroatoms. The SMILES string of the molecule is COc1ccccc1C=CC(=O)NC1(CC(=O)O)CCC1. The first-order chi connectivity index (χ1) is 10.0. The van der Waals surface area contributed by atoms with Crippen LogP contribution in [-0.4, -0.2) is 29.6 Å². The number of methoxy groups -OCH3 is 1. The standard InChI is InChI=1S/C16H19NO4/c1-21-13-6-3-2-5-12(13)7-8-14(18)17-16(9-4-10-16)11-15(19)20/h2-3,5-8H,4,9-11H2,1H3,(H,17,18)(H,19,20). The predicted octanol–water partition coefficient (Wildman–Crippen LogP) is 2.22. The lowest BCUT2D eigenvalue weighted by molar-refractivity contribution is -0.140. The number of hydrogen-bond acceptors (Lipinski definition) is 3. The number of carbonyl (C=O) groups is 2. The summed E-state index contributed by atoms with van der Waals surface area (Å²) in [6.45, 7) is 0. The Labute approximate surface area is 123 Å². The number of para-hydroxylation sites is 1. The Kier molecular flexibility index (Phi) is 4.62. The van der Waals surface area contributed by atoms with E-state index in [4.69, 9.17) is 9.84 Å². The van der Waals surface area contributed by atoms with Crippen molar-refractivity contribution in [3.8, 4) is 5.75 Å². The van der Waals surface area contributed by atoms with Crippen molar-refractivity contribution in [1.29, 1.82) is 0 Å². The van der Waals surface area contributed by atoms with Crippen LogP contribution in [-0.2, 0) is 9.59 Å². The molecule has 1 aliphatic rings. The first kappa shape index (κ1) is 15.1. The van der Waals surface area contributed by atoms with Gasteiger partial charge in [-0.1, -0.05) is 18.2 Å². The molecule has 1 saturated carbocycles. The Hall–Kier alpha value is -2.30. The number of amides is 1. The van der Waals surface area contributed by atoms with Gasteiger partial charge in [-0.15, -0.1) is 0 Å². The molecule has 0 radical (unpaired) electrons. The van der Waals surface area contributed by atoms with Crippen molar-refractivity contribution in [1.82, 2.24) is 5.32 Å². The van der Waals surface area contributed by atoms with Gasteiger partial charge in [-0.25, -0.2) is 0 Å². The van der Waals surface area contributed by atoms with Crippen molar-refractivity contribution in [3.05, 3.63) is 35.9 Å². The van der Waals surface area contributed by atoms with E-state index in [9.17, 15) is 9.59 Å². The first-order valence-corrected chi connectivity index (χ1v) is 6.90. The zero-order chi connectivity index (χ0) is 15.3. The molecule has 0 bridgehead atoms. The highest BCUT2D eigenvalue weighted by molar-refractivity contribution is 5.93. The van der Waals surface area contributed by atoms with E-state index in [2.05, 4.69) is 5.32 Å². The van der Waals surface area contributed by atoms with Gasteiger partial charge in [0.2, 0.25) is 5.91 Å². The second-order valence-corrected chi connectivity index (χ2v) is 5.27. The maximum Gasteiger partial charge on any atom is 0.305 e. The van der Waals surface area contributed by atoms with E-state index in [1.54, 1.807) is 13.2 Å². The third-order valence-corrected chi connectivity index (χ3v) is 3.74. The summed E-state index contributed by atoms with van der Waals surface area (Å²) in [6, 6.07) is 7.37. The van der Waals surface area contributed by atoms with E-state index in [0.29, 0.717) is 18.6 Å². The van der Waals surface area contributed by atoms with Crippen LogP contribution >= 0.6 is 0 Å². The fraction of sp³-hybridized carbons (Fsp3) is 0.375. The zero-order valence-corrected chi connectivity index (χ0v) is 12.0. The van der Waals surface area contributed by atoms with Crippen molar-refractivity contribution in [2.45, 2.75) is 31.2 Å². The summed E-state index contributed by atoms with van der Waals surface area (Å²) in [5, 5.41) is 11.7. The molecular formula is C16H19NO4. The van der Waals surface area contributed by atoms with Crippen LogP contribution in [0.25, 0.3) is 6.08 Å². The molecule has 0 aliphatic heterocycles. The summed E-state index contributed by atoms with van der Waals surface area (Å²) >= 11 is 0. The van der Waals surface area contributed by atoms with E-state index in [-0.39, 0.29) is 12.3 Å². The van der Waals surface area contributed by atoms with E-state index in [1.807, 2.05) is 24.3 Å². The molecular weight excluding hydrogens is 270 g/mol. The Bertz CT molecular complexity index is 561. The fourth-order valence-corrected chi connectivity index (χ4v) is 2.51. The maximum atomic E-state index is 12.0.